The van der Waals surface area contributed by atoms with Crippen molar-refractivity contribution in [3.8, 4) is 0 Å². The molecule has 0 fully saturated rings. The van der Waals surface area contributed by atoms with Gasteiger partial charge in [-0.25, -0.2) is 9.79 Å². The summed E-state index contributed by atoms with van der Waals surface area (Å²) in [5.41, 5.74) is 4.44. The lowest BCUT2D eigenvalue weighted by Gasteiger charge is -2.27. The fourth-order valence-electron chi connectivity index (χ4n) is 3.59. The van der Waals surface area contributed by atoms with Crippen molar-refractivity contribution in [2.24, 2.45) is 4.99 Å². The van der Waals surface area contributed by atoms with Gasteiger partial charge in [-0.2, -0.15) is 0 Å². The molecule has 3 aromatic rings. The number of esters is 1. The van der Waals surface area contributed by atoms with Gasteiger partial charge in [-0.05, 0) is 29.7 Å². The zero-order valence-corrected chi connectivity index (χ0v) is 17.0. The summed E-state index contributed by atoms with van der Waals surface area (Å²) in [7, 11) is 0. The highest BCUT2D eigenvalue weighted by molar-refractivity contribution is 6.11. The third-order valence-corrected chi connectivity index (χ3v) is 5.04. The Morgan fingerprint density at radius 2 is 1.30 bits per heavy atom. The molecule has 4 rings (SSSR count). The van der Waals surface area contributed by atoms with Gasteiger partial charge >= 0.3 is 5.97 Å². The molecule has 0 atom stereocenters. The molecule has 1 heterocycles. The van der Waals surface area contributed by atoms with Crippen molar-refractivity contribution < 1.29 is 9.53 Å². The number of hydrogen-bond acceptors (Lipinski definition) is 4. The molecule has 4 heteroatoms. The zero-order valence-electron chi connectivity index (χ0n) is 17.0. The first-order valence-electron chi connectivity index (χ1n) is 10.2. The van der Waals surface area contributed by atoms with Gasteiger partial charge in [0.1, 0.15) is 0 Å². The van der Waals surface area contributed by atoms with Crippen molar-refractivity contribution in [3.63, 3.8) is 0 Å². The van der Waals surface area contributed by atoms with Gasteiger partial charge in [0.15, 0.2) is 5.70 Å². The first-order valence-corrected chi connectivity index (χ1v) is 10.2. The number of carbonyl (C=O) groups is 1. The molecular weight excluding hydrogens is 372 g/mol. The second-order valence-corrected chi connectivity index (χ2v) is 7.15. The van der Waals surface area contributed by atoms with E-state index in [0.717, 1.165) is 11.3 Å². The lowest BCUT2D eigenvalue weighted by Crippen LogP contribution is -2.24. The van der Waals surface area contributed by atoms with Crippen LogP contribution in [0, 0.1) is 0 Å². The molecule has 0 saturated heterocycles. The molecule has 0 radical (unpaired) electrons. The van der Waals surface area contributed by atoms with E-state index in [2.05, 4.69) is 41.1 Å². The predicted molar refractivity (Wildman–Crippen MR) is 119 cm³/mol. The van der Waals surface area contributed by atoms with Crippen molar-refractivity contribution in [2.45, 2.75) is 26.4 Å². The number of benzene rings is 3. The SMILES string of the molecule is CCC(=C1N=C(c2ccccc2)OC1=O)N(Cc1ccccc1)Cc1ccccc1. The molecule has 1 aliphatic heterocycles. The van der Waals surface area contributed by atoms with Gasteiger partial charge in [-0.3, -0.25) is 0 Å². The third-order valence-electron chi connectivity index (χ3n) is 5.04. The molecule has 150 valence electrons. The van der Waals surface area contributed by atoms with Crippen LogP contribution in [0.5, 0.6) is 0 Å². The molecule has 4 nitrogen and oxygen atoms in total. The van der Waals surface area contributed by atoms with Gasteiger partial charge in [0.05, 0.1) is 0 Å². The monoisotopic (exact) mass is 396 g/mol. The highest BCUT2D eigenvalue weighted by Gasteiger charge is 2.29. The highest BCUT2D eigenvalue weighted by atomic mass is 16.6. The van der Waals surface area contributed by atoms with Crippen LogP contribution in [0.2, 0.25) is 0 Å². The molecule has 0 unspecified atom stereocenters. The summed E-state index contributed by atoms with van der Waals surface area (Å²) in [6.07, 6.45) is 0.676. The van der Waals surface area contributed by atoms with Crippen LogP contribution in [0.25, 0.3) is 0 Å². The molecule has 1 aliphatic rings. The van der Waals surface area contributed by atoms with Gasteiger partial charge in [0.25, 0.3) is 0 Å². The third kappa shape index (κ3) is 4.49. The molecular formula is C26H24N2O2. The summed E-state index contributed by atoms with van der Waals surface area (Å²) in [5.74, 6) is -0.0299. The number of hydrogen-bond donors (Lipinski definition) is 0. The predicted octanol–water partition coefficient (Wildman–Crippen LogP) is 5.31. The Bertz CT molecular complexity index is 1020. The van der Waals surface area contributed by atoms with Crippen molar-refractivity contribution in [3.05, 3.63) is 119 Å². The number of allylic oxidation sites excluding steroid dienone is 1. The second-order valence-electron chi connectivity index (χ2n) is 7.15. The summed E-state index contributed by atoms with van der Waals surface area (Å²) in [5, 5.41) is 0. The van der Waals surface area contributed by atoms with E-state index < -0.39 is 5.97 Å². The van der Waals surface area contributed by atoms with Gasteiger partial charge < -0.3 is 9.64 Å². The average molecular weight is 396 g/mol. The maximum Gasteiger partial charge on any atom is 0.365 e. The Hall–Kier alpha value is -3.66. The Morgan fingerprint density at radius 1 is 0.800 bits per heavy atom. The van der Waals surface area contributed by atoms with Gasteiger partial charge in [0.2, 0.25) is 5.90 Å². The second kappa shape index (κ2) is 9.23. The fourth-order valence-corrected chi connectivity index (χ4v) is 3.59. The maximum atomic E-state index is 12.7. The molecule has 0 spiro atoms. The maximum absolute atomic E-state index is 12.7. The normalized spacial score (nSPS) is 14.8. The van der Waals surface area contributed by atoms with Crippen LogP contribution in [-0.4, -0.2) is 16.8 Å². The van der Waals surface area contributed by atoms with Gasteiger partial charge in [-0.15, -0.1) is 0 Å². The molecule has 0 N–H and O–H groups in total. The summed E-state index contributed by atoms with van der Waals surface area (Å²) < 4.78 is 5.52. The van der Waals surface area contributed by atoms with E-state index in [-0.39, 0.29) is 0 Å². The summed E-state index contributed by atoms with van der Waals surface area (Å²) >= 11 is 0. The lowest BCUT2D eigenvalue weighted by molar-refractivity contribution is -0.130. The van der Waals surface area contributed by atoms with Crippen molar-refractivity contribution in [1.29, 1.82) is 0 Å². The number of carbonyl (C=O) groups excluding carboxylic acids is 1. The largest absolute Gasteiger partial charge is 0.402 e. The lowest BCUT2D eigenvalue weighted by atomic mass is 10.1. The molecule has 0 saturated carbocycles. The minimum Gasteiger partial charge on any atom is -0.402 e. The summed E-state index contributed by atoms with van der Waals surface area (Å²) in [6, 6.07) is 30.1. The van der Waals surface area contributed by atoms with Crippen LogP contribution in [0.3, 0.4) is 0 Å². The van der Waals surface area contributed by atoms with E-state index in [9.17, 15) is 4.79 Å². The average Bonchev–Trinajstić information content (AvgIpc) is 3.18. The van der Waals surface area contributed by atoms with Gasteiger partial charge in [0, 0.05) is 24.4 Å². The van der Waals surface area contributed by atoms with Crippen LogP contribution in [0.4, 0.5) is 0 Å². The molecule has 0 aliphatic carbocycles. The number of ether oxygens (including phenoxy) is 1. The number of cyclic esters (lactones) is 1. The zero-order chi connectivity index (χ0) is 20.8. The highest BCUT2D eigenvalue weighted by Crippen LogP contribution is 2.26. The fraction of sp³-hybridized carbons (Fsp3) is 0.154. The van der Waals surface area contributed by atoms with Crippen LogP contribution in [0.1, 0.15) is 30.0 Å². The Labute approximate surface area is 177 Å². The number of rotatable bonds is 7. The van der Waals surface area contributed by atoms with E-state index in [0.29, 0.717) is 31.1 Å². The molecule has 0 bridgehead atoms. The molecule has 0 aromatic heterocycles. The van der Waals surface area contributed by atoms with E-state index >= 15 is 0 Å². The van der Waals surface area contributed by atoms with Crippen molar-refractivity contribution >= 4 is 11.9 Å². The first-order chi connectivity index (χ1) is 14.7. The number of aliphatic imine (C=N–C) groups is 1. The van der Waals surface area contributed by atoms with E-state index in [1.54, 1.807) is 0 Å². The molecule has 0 amide bonds. The Kier molecular flexibility index (Phi) is 6.04. The van der Waals surface area contributed by atoms with Crippen LogP contribution >= 0.6 is 0 Å². The molecule has 3 aromatic carbocycles. The summed E-state index contributed by atoms with van der Waals surface area (Å²) in [6.45, 7) is 3.42. The molecule has 30 heavy (non-hydrogen) atoms. The minimum atomic E-state index is -0.392. The van der Waals surface area contributed by atoms with Crippen LogP contribution in [-0.2, 0) is 22.6 Å². The van der Waals surface area contributed by atoms with Crippen LogP contribution in [0.15, 0.2) is 107 Å². The Morgan fingerprint density at radius 3 is 1.80 bits per heavy atom. The standard InChI is InChI=1S/C26H24N2O2/c1-2-23(24-26(29)30-25(27-24)22-16-10-5-11-17-22)28(18-20-12-6-3-7-13-20)19-21-14-8-4-9-15-21/h3-17H,2,18-19H2,1H3. The van der Waals surface area contributed by atoms with Gasteiger partial charge in [-0.1, -0.05) is 85.8 Å². The minimum absolute atomic E-state index is 0.362. The summed E-state index contributed by atoms with van der Waals surface area (Å²) in [4.78, 5) is 19.6. The quantitative estimate of drug-likeness (QED) is 0.401. The number of nitrogens with zero attached hydrogens (tertiary/aromatic N) is 2. The van der Waals surface area contributed by atoms with Crippen LogP contribution < -0.4 is 0 Å². The van der Waals surface area contributed by atoms with E-state index in [1.165, 1.54) is 11.1 Å². The van der Waals surface area contributed by atoms with E-state index in [1.807, 2.05) is 66.7 Å². The topological polar surface area (TPSA) is 41.9 Å². The van der Waals surface area contributed by atoms with Crippen molar-refractivity contribution in [1.82, 2.24) is 4.90 Å². The Balaban J connectivity index is 1.72. The smallest absolute Gasteiger partial charge is 0.365 e. The first kappa shape index (κ1) is 19.6. The van der Waals surface area contributed by atoms with E-state index in [4.69, 9.17) is 4.74 Å². The van der Waals surface area contributed by atoms with Crippen molar-refractivity contribution in [2.75, 3.05) is 0 Å².